The highest BCUT2D eigenvalue weighted by molar-refractivity contribution is 4.75. The first kappa shape index (κ1) is 10.0. The van der Waals surface area contributed by atoms with Crippen LogP contribution in [0.1, 0.15) is 45.4 Å². The highest BCUT2D eigenvalue weighted by atomic mass is 16.5. The van der Waals surface area contributed by atoms with Gasteiger partial charge in [0.1, 0.15) is 0 Å². The van der Waals surface area contributed by atoms with Gasteiger partial charge in [0.15, 0.2) is 0 Å². The van der Waals surface area contributed by atoms with E-state index in [1.54, 1.807) is 0 Å². The summed E-state index contributed by atoms with van der Waals surface area (Å²) < 4.78 is 5.61. The standard InChI is InChI=1S/C10H21NO/c1-2-12-10-8-6-4-3-5-7-9(10)11/h9-10H,2-8,11H2,1H3/t9-,10-/m1/s1. The van der Waals surface area contributed by atoms with E-state index < -0.39 is 0 Å². The third-order valence-electron chi connectivity index (χ3n) is 2.63. The molecule has 0 aromatic heterocycles. The average molecular weight is 171 g/mol. The molecule has 0 spiro atoms. The Balaban J connectivity index is 2.32. The molecule has 2 heteroatoms. The van der Waals surface area contributed by atoms with Crippen molar-refractivity contribution in [2.75, 3.05) is 6.61 Å². The summed E-state index contributed by atoms with van der Waals surface area (Å²) >= 11 is 0. The minimum absolute atomic E-state index is 0.283. The van der Waals surface area contributed by atoms with Gasteiger partial charge in [-0.2, -0.15) is 0 Å². The maximum absolute atomic E-state index is 6.01. The molecule has 0 saturated heterocycles. The summed E-state index contributed by atoms with van der Waals surface area (Å²) in [6.45, 7) is 2.85. The van der Waals surface area contributed by atoms with Crippen LogP contribution in [0.15, 0.2) is 0 Å². The Bertz CT molecular complexity index is 116. The average Bonchev–Trinajstić information content (AvgIpc) is 2.05. The molecule has 2 nitrogen and oxygen atoms in total. The quantitative estimate of drug-likeness (QED) is 0.690. The van der Waals surface area contributed by atoms with Crippen molar-refractivity contribution in [1.29, 1.82) is 0 Å². The summed E-state index contributed by atoms with van der Waals surface area (Å²) in [7, 11) is 0. The van der Waals surface area contributed by atoms with Crippen molar-refractivity contribution < 1.29 is 4.74 Å². The zero-order chi connectivity index (χ0) is 8.81. The molecule has 0 unspecified atom stereocenters. The molecule has 2 atom stereocenters. The molecule has 12 heavy (non-hydrogen) atoms. The molecule has 2 N–H and O–H groups in total. The molecule has 0 amide bonds. The van der Waals surface area contributed by atoms with Gasteiger partial charge in [-0.05, 0) is 19.8 Å². The Morgan fingerprint density at radius 1 is 1.17 bits per heavy atom. The van der Waals surface area contributed by atoms with E-state index in [1.165, 1.54) is 25.7 Å². The summed E-state index contributed by atoms with van der Waals surface area (Å²) in [5, 5.41) is 0. The maximum atomic E-state index is 6.01. The predicted octanol–water partition coefficient (Wildman–Crippen LogP) is 2.07. The van der Waals surface area contributed by atoms with Crippen LogP contribution >= 0.6 is 0 Å². The lowest BCUT2D eigenvalue weighted by Gasteiger charge is -2.25. The molecule has 0 bridgehead atoms. The zero-order valence-electron chi connectivity index (χ0n) is 8.09. The SMILES string of the molecule is CCO[C@@H]1CCCCCC[C@H]1N. The van der Waals surface area contributed by atoms with Crippen LogP contribution in [0, 0.1) is 0 Å². The summed E-state index contributed by atoms with van der Waals surface area (Å²) in [4.78, 5) is 0. The van der Waals surface area contributed by atoms with E-state index in [2.05, 4.69) is 0 Å². The molecule has 1 rings (SSSR count). The Hall–Kier alpha value is -0.0800. The van der Waals surface area contributed by atoms with Crippen molar-refractivity contribution in [2.45, 2.75) is 57.6 Å². The maximum Gasteiger partial charge on any atom is 0.0725 e. The number of hydrogen-bond acceptors (Lipinski definition) is 2. The smallest absolute Gasteiger partial charge is 0.0725 e. The number of ether oxygens (including phenoxy) is 1. The summed E-state index contributed by atoms with van der Waals surface area (Å²) in [6, 6.07) is 0.283. The second-order valence-electron chi connectivity index (χ2n) is 3.65. The molecule has 72 valence electrons. The summed E-state index contributed by atoms with van der Waals surface area (Å²) in [6.07, 6.45) is 7.92. The Labute approximate surface area is 75.5 Å². The van der Waals surface area contributed by atoms with Crippen molar-refractivity contribution in [3.8, 4) is 0 Å². The summed E-state index contributed by atoms with van der Waals surface area (Å²) in [5.41, 5.74) is 6.01. The fourth-order valence-electron chi connectivity index (χ4n) is 1.90. The van der Waals surface area contributed by atoms with Gasteiger partial charge in [-0.15, -0.1) is 0 Å². The Morgan fingerprint density at radius 2 is 1.83 bits per heavy atom. The van der Waals surface area contributed by atoms with E-state index in [1.807, 2.05) is 6.92 Å². The van der Waals surface area contributed by atoms with Crippen LogP contribution in [-0.4, -0.2) is 18.8 Å². The molecular formula is C10H21NO. The molecule has 0 heterocycles. The second-order valence-corrected chi connectivity index (χ2v) is 3.65. The van der Waals surface area contributed by atoms with E-state index in [-0.39, 0.29) is 6.04 Å². The number of hydrogen-bond donors (Lipinski definition) is 1. The van der Waals surface area contributed by atoms with Crippen molar-refractivity contribution in [1.82, 2.24) is 0 Å². The van der Waals surface area contributed by atoms with Gasteiger partial charge in [-0.3, -0.25) is 0 Å². The van der Waals surface area contributed by atoms with Crippen LogP contribution < -0.4 is 5.73 Å². The monoisotopic (exact) mass is 171 g/mol. The van der Waals surface area contributed by atoms with Gasteiger partial charge in [0.2, 0.25) is 0 Å². The second kappa shape index (κ2) is 5.55. The molecule has 0 aromatic carbocycles. The van der Waals surface area contributed by atoms with Crippen molar-refractivity contribution in [3.63, 3.8) is 0 Å². The van der Waals surface area contributed by atoms with Gasteiger partial charge >= 0.3 is 0 Å². The van der Waals surface area contributed by atoms with E-state index in [4.69, 9.17) is 10.5 Å². The van der Waals surface area contributed by atoms with E-state index in [0.29, 0.717) is 6.10 Å². The van der Waals surface area contributed by atoms with Gasteiger partial charge < -0.3 is 10.5 Å². The predicted molar refractivity (Wildman–Crippen MR) is 51.1 cm³/mol. The summed E-state index contributed by atoms with van der Waals surface area (Å²) in [5.74, 6) is 0. The van der Waals surface area contributed by atoms with Gasteiger partial charge in [0.05, 0.1) is 6.10 Å². The Morgan fingerprint density at radius 3 is 2.50 bits per heavy atom. The molecule has 1 aliphatic carbocycles. The lowest BCUT2D eigenvalue weighted by Crippen LogP contribution is -2.37. The van der Waals surface area contributed by atoms with Gasteiger partial charge in [-0.25, -0.2) is 0 Å². The minimum atomic E-state index is 0.283. The van der Waals surface area contributed by atoms with Crippen LogP contribution in [0.5, 0.6) is 0 Å². The number of rotatable bonds is 2. The fourth-order valence-corrected chi connectivity index (χ4v) is 1.90. The van der Waals surface area contributed by atoms with E-state index >= 15 is 0 Å². The lowest BCUT2D eigenvalue weighted by molar-refractivity contribution is 0.0310. The van der Waals surface area contributed by atoms with Crippen LogP contribution in [0.2, 0.25) is 0 Å². The van der Waals surface area contributed by atoms with Crippen molar-refractivity contribution in [3.05, 3.63) is 0 Å². The van der Waals surface area contributed by atoms with E-state index in [0.717, 1.165) is 19.4 Å². The zero-order valence-corrected chi connectivity index (χ0v) is 8.09. The lowest BCUT2D eigenvalue weighted by atomic mass is 9.95. The molecule has 1 saturated carbocycles. The third kappa shape index (κ3) is 3.11. The van der Waals surface area contributed by atoms with Crippen LogP contribution in [0.25, 0.3) is 0 Å². The molecule has 0 radical (unpaired) electrons. The van der Waals surface area contributed by atoms with Crippen LogP contribution in [0.4, 0.5) is 0 Å². The molecule has 0 aliphatic heterocycles. The van der Waals surface area contributed by atoms with Gasteiger partial charge in [0, 0.05) is 12.6 Å². The van der Waals surface area contributed by atoms with Crippen molar-refractivity contribution in [2.24, 2.45) is 5.73 Å². The van der Waals surface area contributed by atoms with Crippen LogP contribution in [0.3, 0.4) is 0 Å². The molecule has 1 aliphatic rings. The van der Waals surface area contributed by atoms with Crippen molar-refractivity contribution >= 4 is 0 Å². The first-order valence-corrected chi connectivity index (χ1v) is 5.21. The normalized spacial score (nSPS) is 32.5. The minimum Gasteiger partial charge on any atom is -0.377 e. The van der Waals surface area contributed by atoms with Crippen LogP contribution in [-0.2, 0) is 4.74 Å². The first-order valence-electron chi connectivity index (χ1n) is 5.21. The Kier molecular flexibility index (Phi) is 4.62. The first-order chi connectivity index (χ1) is 5.84. The fraction of sp³-hybridized carbons (Fsp3) is 1.00. The highest BCUT2D eigenvalue weighted by Crippen LogP contribution is 2.18. The number of nitrogens with two attached hydrogens (primary N) is 1. The largest absolute Gasteiger partial charge is 0.377 e. The topological polar surface area (TPSA) is 35.2 Å². The highest BCUT2D eigenvalue weighted by Gasteiger charge is 2.18. The molecule has 0 aromatic rings. The molecular weight excluding hydrogens is 150 g/mol. The van der Waals surface area contributed by atoms with Gasteiger partial charge in [0.25, 0.3) is 0 Å². The third-order valence-corrected chi connectivity index (χ3v) is 2.63. The molecule has 1 fully saturated rings. The van der Waals surface area contributed by atoms with E-state index in [9.17, 15) is 0 Å². The van der Waals surface area contributed by atoms with Gasteiger partial charge in [-0.1, -0.05) is 25.7 Å².